The number of aryl methyl sites for hydroxylation is 1. The Balaban J connectivity index is 1.65. The third-order valence-electron chi connectivity index (χ3n) is 4.36. The van der Waals surface area contributed by atoms with Crippen LogP contribution in [0.25, 0.3) is 0 Å². The number of benzene rings is 2. The Morgan fingerprint density at radius 2 is 2.00 bits per heavy atom. The van der Waals surface area contributed by atoms with Gasteiger partial charge in [0, 0.05) is 12.6 Å². The average Bonchev–Trinajstić information content (AvgIpc) is 3.13. The molecule has 1 unspecified atom stereocenters. The molecule has 158 valence electrons. The lowest BCUT2D eigenvalue weighted by atomic mass is 10.2. The first-order valence-corrected chi connectivity index (χ1v) is 10.4. The van der Waals surface area contributed by atoms with Gasteiger partial charge in [-0.3, -0.25) is 4.79 Å². The summed E-state index contributed by atoms with van der Waals surface area (Å²) < 4.78 is 34.6. The maximum atomic E-state index is 13.7. The van der Waals surface area contributed by atoms with Crippen LogP contribution in [-0.2, 0) is 11.3 Å². The summed E-state index contributed by atoms with van der Waals surface area (Å²) in [7, 11) is 0. The minimum Gasteiger partial charge on any atom is -0.482 e. The van der Waals surface area contributed by atoms with Crippen LogP contribution < -0.4 is 10.1 Å². The Hall–Kier alpha value is -2.94. The van der Waals surface area contributed by atoms with E-state index in [0.717, 1.165) is 23.4 Å². The summed E-state index contributed by atoms with van der Waals surface area (Å²) >= 11 is 1.18. The predicted molar refractivity (Wildman–Crippen MR) is 112 cm³/mol. The molecule has 0 saturated carbocycles. The van der Waals surface area contributed by atoms with Crippen molar-refractivity contribution >= 4 is 23.4 Å². The number of para-hydroxylation sites is 1. The van der Waals surface area contributed by atoms with Crippen molar-refractivity contribution < 1.29 is 18.3 Å². The quantitative estimate of drug-likeness (QED) is 0.520. The Morgan fingerprint density at radius 1 is 1.23 bits per heavy atom. The van der Waals surface area contributed by atoms with E-state index in [1.165, 1.54) is 17.8 Å². The first-order valence-electron chi connectivity index (χ1n) is 9.42. The van der Waals surface area contributed by atoms with Crippen molar-refractivity contribution in [3.05, 3.63) is 65.5 Å². The van der Waals surface area contributed by atoms with E-state index in [0.29, 0.717) is 17.5 Å². The molecule has 0 aliphatic carbocycles. The monoisotopic (exact) mass is 432 g/mol. The van der Waals surface area contributed by atoms with E-state index in [1.54, 1.807) is 0 Å². The summed E-state index contributed by atoms with van der Waals surface area (Å²) in [5, 5.41) is 11.4. The number of aromatic nitrogens is 3. The van der Waals surface area contributed by atoms with Crippen LogP contribution in [0.3, 0.4) is 0 Å². The molecule has 0 aliphatic heterocycles. The largest absolute Gasteiger partial charge is 0.482 e. The molecule has 0 saturated heterocycles. The molecule has 0 aliphatic rings. The summed E-state index contributed by atoms with van der Waals surface area (Å²) in [6.07, 6.45) is -0.338. The van der Waals surface area contributed by atoms with Gasteiger partial charge < -0.3 is 14.6 Å². The highest BCUT2D eigenvalue weighted by atomic mass is 32.2. The minimum atomic E-state index is -0.824. The lowest BCUT2D eigenvalue weighted by Crippen LogP contribution is -2.16. The van der Waals surface area contributed by atoms with Crippen molar-refractivity contribution in [3.8, 4) is 5.75 Å². The number of rotatable bonds is 8. The van der Waals surface area contributed by atoms with E-state index in [-0.39, 0.29) is 17.5 Å². The molecule has 1 N–H and O–H groups in total. The molecule has 0 spiro atoms. The third kappa shape index (κ3) is 5.15. The molecule has 0 fully saturated rings. The zero-order valence-corrected chi connectivity index (χ0v) is 17.7. The van der Waals surface area contributed by atoms with E-state index in [1.807, 2.05) is 49.6 Å². The van der Waals surface area contributed by atoms with Crippen molar-refractivity contribution in [2.75, 3.05) is 11.1 Å². The van der Waals surface area contributed by atoms with Crippen LogP contribution in [0, 0.1) is 18.6 Å². The molecule has 1 aromatic heterocycles. The Bertz CT molecular complexity index is 1040. The number of nitrogens with one attached hydrogen (secondary N) is 1. The van der Waals surface area contributed by atoms with Gasteiger partial charge in [-0.05, 0) is 44.5 Å². The van der Waals surface area contributed by atoms with Crippen LogP contribution in [0.1, 0.15) is 31.3 Å². The maximum absolute atomic E-state index is 13.7. The van der Waals surface area contributed by atoms with Crippen molar-refractivity contribution in [3.63, 3.8) is 0 Å². The minimum absolute atomic E-state index is 0.00197. The number of hydrogen-bond acceptors (Lipinski definition) is 5. The van der Waals surface area contributed by atoms with Crippen LogP contribution in [0.4, 0.5) is 14.5 Å². The molecule has 30 heavy (non-hydrogen) atoms. The van der Waals surface area contributed by atoms with Crippen LogP contribution >= 0.6 is 11.8 Å². The van der Waals surface area contributed by atoms with Crippen molar-refractivity contribution in [2.24, 2.45) is 0 Å². The SMILES string of the molecule is CCn1c(SCC(=O)Nc2ccc(F)cc2F)nnc1C(C)Oc1ccccc1C. The lowest BCUT2D eigenvalue weighted by Gasteiger charge is -2.17. The molecule has 3 aromatic rings. The highest BCUT2D eigenvalue weighted by Crippen LogP contribution is 2.26. The average molecular weight is 432 g/mol. The first kappa shape index (κ1) is 21.8. The second kappa shape index (κ2) is 9.71. The van der Waals surface area contributed by atoms with Gasteiger partial charge in [-0.1, -0.05) is 30.0 Å². The molecule has 1 amide bonds. The molecular weight excluding hydrogens is 410 g/mol. The molecular formula is C21H22F2N4O2S. The fourth-order valence-corrected chi connectivity index (χ4v) is 3.65. The number of ether oxygens (including phenoxy) is 1. The highest BCUT2D eigenvalue weighted by Gasteiger charge is 2.20. The van der Waals surface area contributed by atoms with Crippen LogP contribution in [0.5, 0.6) is 5.75 Å². The molecule has 3 rings (SSSR count). The summed E-state index contributed by atoms with van der Waals surface area (Å²) in [5.74, 6) is -0.539. The van der Waals surface area contributed by atoms with E-state index in [9.17, 15) is 13.6 Å². The predicted octanol–water partition coefficient (Wildman–Crippen LogP) is 4.76. The highest BCUT2D eigenvalue weighted by molar-refractivity contribution is 7.99. The smallest absolute Gasteiger partial charge is 0.234 e. The third-order valence-corrected chi connectivity index (χ3v) is 5.33. The molecule has 0 bridgehead atoms. The van der Waals surface area contributed by atoms with Crippen LogP contribution in [0.15, 0.2) is 47.6 Å². The Morgan fingerprint density at radius 3 is 2.70 bits per heavy atom. The summed E-state index contributed by atoms with van der Waals surface area (Å²) in [6, 6.07) is 10.7. The number of anilines is 1. The molecule has 1 heterocycles. The number of carbonyl (C=O) groups is 1. The summed E-state index contributed by atoms with van der Waals surface area (Å²) in [5.41, 5.74) is 0.950. The summed E-state index contributed by atoms with van der Waals surface area (Å²) in [6.45, 7) is 6.41. The van der Waals surface area contributed by atoms with Gasteiger partial charge in [0.25, 0.3) is 0 Å². The molecule has 1 atom stereocenters. The fourth-order valence-electron chi connectivity index (χ4n) is 2.84. The molecule has 0 radical (unpaired) electrons. The second-order valence-electron chi connectivity index (χ2n) is 6.57. The van der Waals surface area contributed by atoms with Crippen molar-refractivity contribution in [1.29, 1.82) is 0 Å². The van der Waals surface area contributed by atoms with E-state index < -0.39 is 17.5 Å². The topological polar surface area (TPSA) is 69.0 Å². The summed E-state index contributed by atoms with van der Waals surface area (Å²) in [4.78, 5) is 12.2. The first-order chi connectivity index (χ1) is 14.4. The lowest BCUT2D eigenvalue weighted by molar-refractivity contribution is -0.113. The molecule has 6 nitrogen and oxygen atoms in total. The normalized spacial score (nSPS) is 11.9. The van der Waals surface area contributed by atoms with Crippen LogP contribution in [-0.4, -0.2) is 26.4 Å². The number of thioether (sulfide) groups is 1. The Labute approximate surface area is 177 Å². The number of carbonyl (C=O) groups excluding carboxylic acids is 1. The van der Waals surface area contributed by atoms with Gasteiger partial charge in [-0.2, -0.15) is 0 Å². The van der Waals surface area contributed by atoms with Crippen molar-refractivity contribution in [2.45, 2.75) is 38.6 Å². The zero-order chi connectivity index (χ0) is 21.7. The van der Waals surface area contributed by atoms with Crippen LogP contribution in [0.2, 0.25) is 0 Å². The standard InChI is InChI=1S/C21H22F2N4O2S/c1-4-27-20(14(3)29-18-8-6-5-7-13(18)2)25-26-21(27)30-12-19(28)24-17-10-9-15(22)11-16(17)23/h5-11,14H,4,12H2,1-3H3,(H,24,28). The van der Waals surface area contributed by atoms with Gasteiger partial charge in [-0.25, -0.2) is 8.78 Å². The van der Waals surface area contributed by atoms with Gasteiger partial charge in [0.15, 0.2) is 17.1 Å². The molecule has 9 heteroatoms. The van der Waals surface area contributed by atoms with Gasteiger partial charge in [0.2, 0.25) is 5.91 Å². The van der Waals surface area contributed by atoms with Gasteiger partial charge in [0.1, 0.15) is 17.4 Å². The number of amides is 1. The maximum Gasteiger partial charge on any atom is 0.234 e. The van der Waals surface area contributed by atoms with Gasteiger partial charge >= 0.3 is 0 Å². The second-order valence-corrected chi connectivity index (χ2v) is 7.51. The van der Waals surface area contributed by atoms with Gasteiger partial charge in [-0.15, -0.1) is 10.2 Å². The Kier molecular flexibility index (Phi) is 7.04. The van der Waals surface area contributed by atoms with E-state index >= 15 is 0 Å². The molecule has 2 aromatic carbocycles. The number of hydrogen-bond donors (Lipinski definition) is 1. The van der Waals surface area contributed by atoms with Crippen molar-refractivity contribution in [1.82, 2.24) is 14.8 Å². The fraction of sp³-hybridized carbons (Fsp3) is 0.286. The van der Waals surface area contributed by atoms with Gasteiger partial charge in [0.05, 0.1) is 11.4 Å². The number of nitrogens with zero attached hydrogens (tertiary/aromatic N) is 3. The van der Waals surface area contributed by atoms with E-state index in [4.69, 9.17) is 4.74 Å². The zero-order valence-electron chi connectivity index (χ0n) is 16.9. The van der Waals surface area contributed by atoms with E-state index in [2.05, 4.69) is 15.5 Å². The number of halogens is 2.